The maximum Gasteiger partial charge on any atom is 0.407 e. The zero-order chi connectivity index (χ0) is 16.2. The Morgan fingerprint density at radius 1 is 1.57 bits per heavy atom. The molecule has 1 aromatic heterocycles. The first-order valence-corrected chi connectivity index (χ1v) is 7.89. The number of aromatic nitrogens is 1. The lowest BCUT2D eigenvalue weighted by molar-refractivity contribution is 0.124. The molecule has 3 rings (SSSR count). The first-order chi connectivity index (χ1) is 11.2. The van der Waals surface area contributed by atoms with Gasteiger partial charge >= 0.3 is 6.09 Å². The van der Waals surface area contributed by atoms with E-state index in [1.54, 1.807) is 0 Å². The predicted molar refractivity (Wildman–Crippen MR) is 84.9 cm³/mol. The number of carbonyl (C=O) groups is 1. The van der Waals surface area contributed by atoms with Crippen molar-refractivity contribution in [2.75, 3.05) is 26.2 Å². The summed E-state index contributed by atoms with van der Waals surface area (Å²) in [5, 5.41) is 12.4. The van der Waals surface area contributed by atoms with Crippen molar-refractivity contribution in [2.24, 2.45) is 0 Å². The summed E-state index contributed by atoms with van der Waals surface area (Å²) < 4.78 is 11.4. The summed E-state index contributed by atoms with van der Waals surface area (Å²) in [6.07, 6.45) is 0.649. The van der Waals surface area contributed by atoms with E-state index in [4.69, 9.17) is 14.3 Å². The van der Waals surface area contributed by atoms with E-state index in [-0.39, 0.29) is 6.04 Å². The Morgan fingerprint density at radius 3 is 3.22 bits per heavy atom. The first-order valence-electron chi connectivity index (χ1n) is 7.89. The van der Waals surface area contributed by atoms with Crippen LogP contribution in [0.5, 0.6) is 5.75 Å². The summed E-state index contributed by atoms with van der Waals surface area (Å²) in [6, 6.07) is 5.74. The van der Waals surface area contributed by atoms with Crippen LogP contribution in [0.2, 0.25) is 0 Å². The number of amides is 1. The second-order valence-electron chi connectivity index (χ2n) is 5.61. The Bertz CT molecular complexity index is 685. The number of oxazole rings is 1. The molecule has 0 saturated carbocycles. The molecule has 7 heteroatoms. The van der Waals surface area contributed by atoms with Gasteiger partial charge in [0.15, 0.2) is 11.5 Å². The molecule has 0 spiro atoms. The molecule has 1 aromatic carbocycles. The van der Waals surface area contributed by atoms with Gasteiger partial charge in [-0.2, -0.15) is 0 Å². The number of hydrogen-bond acceptors (Lipinski definition) is 5. The number of fused-ring (bicyclic) bond motifs is 1. The van der Waals surface area contributed by atoms with Crippen molar-refractivity contribution in [3.05, 3.63) is 24.1 Å². The zero-order valence-electron chi connectivity index (χ0n) is 13.1. The molecule has 1 aliphatic rings. The molecule has 23 heavy (non-hydrogen) atoms. The minimum Gasteiger partial charge on any atom is -0.493 e. The summed E-state index contributed by atoms with van der Waals surface area (Å²) in [5.74, 6) is 1.46. The molecular formula is C16H21N3O4. The van der Waals surface area contributed by atoms with Crippen LogP contribution in [0.25, 0.3) is 11.1 Å². The van der Waals surface area contributed by atoms with Gasteiger partial charge in [-0.3, -0.25) is 0 Å². The second kappa shape index (κ2) is 6.87. The van der Waals surface area contributed by atoms with Crippen LogP contribution >= 0.6 is 0 Å². The van der Waals surface area contributed by atoms with Gasteiger partial charge in [0, 0.05) is 38.2 Å². The van der Waals surface area contributed by atoms with Crippen molar-refractivity contribution in [3.8, 4) is 5.75 Å². The molecule has 1 saturated heterocycles. The molecule has 1 aliphatic heterocycles. The van der Waals surface area contributed by atoms with Crippen LogP contribution in [0.15, 0.2) is 22.6 Å². The van der Waals surface area contributed by atoms with Gasteiger partial charge in [-0.1, -0.05) is 6.92 Å². The number of nitrogens with zero attached hydrogens (tertiary/aromatic N) is 2. The highest BCUT2D eigenvalue weighted by Crippen LogP contribution is 2.22. The van der Waals surface area contributed by atoms with Crippen molar-refractivity contribution >= 4 is 17.2 Å². The molecule has 2 N–H and O–H groups in total. The maximum absolute atomic E-state index is 11.0. The van der Waals surface area contributed by atoms with Crippen molar-refractivity contribution in [1.82, 2.24) is 15.2 Å². The Morgan fingerprint density at radius 2 is 2.43 bits per heavy atom. The lowest BCUT2D eigenvalue weighted by atomic mass is 10.1. The molecule has 1 atom stereocenters. The quantitative estimate of drug-likeness (QED) is 0.877. The van der Waals surface area contributed by atoms with Crippen LogP contribution in [-0.2, 0) is 6.42 Å². The Hall–Kier alpha value is -2.28. The van der Waals surface area contributed by atoms with Gasteiger partial charge in [0.2, 0.25) is 0 Å². The number of nitrogens with one attached hydrogen (secondary N) is 1. The van der Waals surface area contributed by atoms with Crippen molar-refractivity contribution in [3.63, 3.8) is 0 Å². The topological polar surface area (TPSA) is 87.8 Å². The van der Waals surface area contributed by atoms with Gasteiger partial charge in [0.25, 0.3) is 0 Å². The first kappa shape index (κ1) is 15.6. The highest BCUT2D eigenvalue weighted by molar-refractivity contribution is 5.74. The summed E-state index contributed by atoms with van der Waals surface area (Å²) in [5.41, 5.74) is 1.56. The minimum atomic E-state index is -0.861. The van der Waals surface area contributed by atoms with Gasteiger partial charge in [0.05, 0.1) is 6.61 Å². The molecule has 2 heterocycles. The SMILES string of the molecule is CCc1nc2ccc(OCC[C@@H]3CN(C(=O)O)CCN3)cc2o1. The minimum absolute atomic E-state index is 0.126. The largest absolute Gasteiger partial charge is 0.493 e. The number of aryl methyl sites for hydroxylation is 1. The fourth-order valence-corrected chi connectivity index (χ4v) is 2.71. The zero-order valence-corrected chi connectivity index (χ0v) is 13.1. The van der Waals surface area contributed by atoms with E-state index in [9.17, 15) is 4.79 Å². The van der Waals surface area contributed by atoms with Crippen molar-refractivity contribution < 1.29 is 19.1 Å². The van der Waals surface area contributed by atoms with Crippen molar-refractivity contribution in [1.29, 1.82) is 0 Å². The molecule has 0 aliphatic carbocycles. The lowest BCUT2D eigenvalue weighted by Gasteiger charge is -2.31. The number of piperazine rings is 1. The molecule has 2 aromatic rings. The standard InChI is InChI=1S/C16H21N3O4/c1-2-15-18-13-4-3-12(9-14(13)23-15)22-8-5-11-10-19(16(20)21)7-6-17-11/h3-4,9,11,17H,2,5-8,10H2,1H3,(H,20,21)/t11-/m1/s1. The van der Waals surface area contributed by atoms with Crippen LogP contribution in [0.1, 0.15) is 19.2 Å². The molecule has 1 fully saturated rings. The van der Waals surface area contributed by atoms with Gasteiger partial charge in [-0.15, -0.1) is 0 Å². The molecular weight excluding hydrogens is 298 g/mol. The molecule has 1 amide bonds. The average molecular weight is 319 g/mol. The molecule has 0 bridgehead atoms. The third-order valence-electron chi connectivity index (χ3n) is 3.97. The van der Waals surface area contributed by atoms with E-state index >= 15 is 0 Å². The van der Waals surface area contributed by atoms with E-state index in [1.165, 1.54) is 4.90 Å². The lowest BCUT2D eigenvalue weighted by Crippen LogP contribution is -2.52. The molecule has 0 radical (unpaired) electrons. The smallest absolute Gasteiger partial charge is 0.407 e. The van der Waals surface area contributed by atoms with E-state index in [0.29, 0.717) is 26.2 Å². The predicted octanol–water partition coefficient (Wildman–Crippen LogP) is 2.11. The average Bonchev–Trinajstić information content (AvgIpc) is 2.97. The monoisotopic (exact) mass is 319 g/mol. The van der Waals surface area contributed by atoms with Crippen LogP contribution in [0.4, 0.5) is 4.79 Å². The third-order valence-corrected chi connectivity index (χ3v) is 3.97. The Kier molecular flexibility index (Phi) is 4.66. The Labute approximate surface area is 134 Å². The van der Waals surface area contributed by atoms with E-state index in [1.807, 2.05) is 25.1 Å². The normalized spacial score (nSPS) is 18.3. The van der Waals surface area contributed by atoms with Gasteiger partial charge in [0.1, 0.15) is 11.3 Å². The third kappa shape index (κ3) is 3.73. The molecule has 0 unspecified atom stereocenters. The van der Waals surface area contributed by atoms with Crippen LogP contribution < -0.4 is 10.1 Å². The summed E-state index contributed by atoms with van der Waals surface area (Å²) in [6.45, 7) is 4.24. The fraction of sp³-hybridized carbons (Fsp3) is 0.500. The van der Waals surface area contributed by atoms with E-state index < -0.39 is 6.09 Å². The number of carboxylic acid groups (broad SMARTS) is 1. The summed E-state index contributed by atoms with van der Waals surface area (Å²) >= 11 is 0. The van der Waals surface area contributed by atoms with Crippen LogP contribution in [-0.4, -0.2) is 53.4 Å². The van der Waals surface area contributed by atoms with Crippen molar-refractivity contribution in [2.45, 2.75) is 25.8 Å². The van der Waals surface area contributed by atoms with Gasteiger partial charge in [-0.25, -0.2) is 9.78 Å². The highest BCUT2D eigenvalue weighted by atomic mass is 16.5. The van der Waals surface area contributed by atoms with Crippen LogP contribution in [0.3, 0.4) is 0 Å². The van der Waals surface area contributed by atoms with Gasteiger partial charge < -0.3 is 24.5 Å². The number of ether oxygens (including phenoxy) is 1. The summed E-state index contributed by atoms with van der Waals surface area (Å²) in [7, 11) is 0. The van der Waals surface area contributed by atoms with Crippen LogP contribution in [0, 0.1) is 0 Å². The molecule has 124 valence electrons. The van der Waals surface area contributed by atoms with E-state index in [2.05, 4.69) is 10.3 Å². The van der Waals surface area contributed by atoms with Gasteiger partial charge in [-0.05, 0) is 18.6 Å². The van der Waals surface area contributed by atoms with E-state index in [0.717, 1.165) is 35.6 Å². The summed E-state index contributed by atoms with van der Waals surface area (Å²) in [4.78, 5) is 16.8. The number of rotatable bonds is 5. The second-order valence-corrected chi connectivity index (χ2v) is 5.61. The number of hydrogen-bond donors (Lipinski definition) is 2. The highest BCUT2D eigenvalue weighted by Gasteiger charge is 2.22. The Balaban J connectivity index is 1.53. The number of benzene rings is 1. The fourth-order valence-electron chi connectivity index (χ4n) is 2.71. The maximum atomic E-state index is 11.0. The molecule has 7 nitrogen and oxygen atoms in total.